The van der Waals surface area contributed by atoms with E-state index in [1.165, 1.54) is 45.2 Å². The summed E-state index contributed by atoms with van der Waals surface area (Å²) in [5, 5.41) is 0. The van der Waals surface area contributed by atoms with Crippen LogP contribution in [0.5, 0.6) is 0 Å². The summed E-state index contributed by atoms with van der Waals surface area (Å²) in [7, 11) is 0. The summed E-state index contributed by atoms with van der Waals surface area (Å²) < 4.78 is 0. The quantitative estimate of drug-likeness (QED) is 0.745. The van der Waals surface area contributed by atoms with Crippen LogP contribution in [0.15, 0.2) is 0 Å². The Kier molecular flexibility index (Phi) is 2.85. The zero-order valence-corrected chi connectivity index (χ0v) is 9.63. The fraction of sp³-hybridized carbons (Fsp3) is 1.00. The van der Waals surface area contributed by atoms with Crippen LogP contribution in [-0.4, -0.2) is 29.6 Å². The molecular formula is C12H24N2. The second-order valence-corrected chi connectivity index (χ2v) is 5.64. The van der Waals surface area contributed by atoms with Crippen molar-refractivity contribution in [2.75, 3.05) is 13.1 Å². The Morgan fingerprint density at radius 2 is 2.14 bits per heavy atom. The second kappa shape index (κ2) is 3.82. The normalized spacial score (nSPS) is 31.3. The van der Waals surface area contributed by atoms with Crippen molar-refractivity contribution >= 4 is 0 Å². The van der Waals surface area contributed by atoms with Gasteiger partial charge < -0.3 is 10.6 Å². The molecule has 1 unspecified atom stereocenters. The van der Waals surface area contributed by atoms with Crippen LogP contribution in [0.4, 0.5) is 0 Å². The highest BCUT2D eigenvalue weighted by Gasteiger charge is 2.38. The van der Waals surface area contributed by atoms with Gasteiger partial charge in [0.15, 0.2) is 0 Å². The van der Waals surface area contributed by atoms with Gasteiger partial charge in [0, 0.05) is 18.1 Å². The third-order valence-corrected chi connectivity index (χ3v) is 3.99. The van der Waals surface area contributed by atoms with Crippen molar-refractivity contribution in [3.05, 3.63) is 0 Å². The smallest absolute Gasteiger partial charge is 0.0155 e. The van der Waals surface area contributed by atoms with E-state index in [2.05, 4.69) is 18.7 Å². The van der Waals surface area contributed by atoms with Gasteiger partial charge in [-0.15, -0.1) is 0 Å². The van der Waals surface area contributed by atoms with Gasteiger partial charge >= 0.3 is 0 Å². The highest BCUT2D eigenvalue weighted by molar-refractivity contribution is 4.99. The van der Waals surface area contributed by atoms with Gasteiger partial charge in [-0.25, -0.2) is 0 Å². The fourth-order valence-corrected chi connectivity index (χ4v) is 2.47. The minimum atomic E-state index is 0.269. The lowest BCUT2D eigenvalue weighted by Gasteiger charge is -2.20. The molecule has 82 valence electrons. The van der Waals surface area contributed by atoms with Crippen LogP contribution in [0.25, 0.3) is 0 Å². The molecule has 1 aliphatic heterocycles. The lowest BCUT2D eigenvalue weighted by molar-refractivity contribution is 0.261. The number of rotatable bonds is 4. The maximum Gasteiger partial charge on any atom is 0.0155 e. The predicted octanol–water partition coefficient (Wildman–Crippen LogP) is 1.99. The summed E-state index contributed by atoms with van der Waals surface area (Å²) in [5.41, 5.74) is 6.37. The molecule has 1 saturated carbocycles. The van der Waals surface area contributed by atoms with Gasteiger partial charge in [-0.3, -0.25) is 0 Å². The van der Waals surface area contributed by atoms with Gasteiger partial charge in [0.05, 0.1) is 0 Å². The van der Waals surface area contributed by atoms with Crippen molar-refractivity contribution in [2.45, 2.75) is 57.5 Å². The highest BCUT2D eigenvalue weighted by atomic mass is 15.2. The molecule has 2 fully saturated rings. The van der Waals surface area contributed by atoms with E-state index in [4.69, 9.17) is 5.73 Å². The molecule has 1 heterocycles. The Hall–Kier alpha value is -0.0800. The maximum absolute atomic E-state index is 6.11. The molecule has 0 spiro atoms. The fourth-order valence-electron chi connectivity index (χ4n) is 2.47. The standard InChI is InChI=1S/C12H24N2/c1-10(2)14-8-4-11(9-14)3-5-12(13)6-7-12/h10-11H,3-9,13H2,1-2H3. The van der Waals surface area contributed by atoms with E-state index in [9.17, 15) is 0 Å². The lowest BCUT2D eigenvalue weighted by Crippen LogP contribution is -2.28. The number of hydrogen-bond acceptors (Lipinski definition) is 2. The molecule has 0 bridgehead atoms. The van der Waals surface area contributed by atoms with Crippen LogP contribution < -0.4 is 5.73 Å². The Morgan fingerprint density at radius 3 is 2.64 bits per heavy atom. The van der Waals surface area contributed by atoms with Crippen molar-refractivity contribution in [2.24, 2.45) is 11.7 Å². The summed E-state index contributed by atoms with van der Waals surface area (Å²) >= 11 is 0. The number of likely N-dealkylation sites (tertiary alicyclic amines) is 1. The summed E-state index contributed by atoms with van der Waals surface area (Å²) in [5.74, 6) is 0.929. The van der Waals surface area contributed by atoms with Crippen molar-refractivity contribution in [1.29, 1.82) is 0 Å². The van der Waals surface area contributed by atoms with Crippen LogP contribution in [-0.2, 0) is 0 Å². The van der Waals surface area contributed by atoms with Gasteiger partial charge in [0.2, 0.25) is 0 Å². The van der Waals surface area contributed by atoms with Gasteiger partial charge in [-0.2, -0.15) is 0 Å². The molecule has 2 N–H and O–H groups in total. The third kappa shape index (κ3) is 2.48. The lowest BCUT2D eigenvalue weighted by atomic mass is 9.98. The number of nitrogens with zero attached hydrogens (tertiary/aromatic N) is 1. The molecule has 1 atom stereocenters. The monoisotopic (exact) mass is 196 g/mol. The zero-order chi connectivity index (χ0) is 10.2. The molecule has 0 amide bonds. The van der Waals surface area contributed by atoms with Crippen molar-refractivity contribution in [1.82, 2.24) is 4.90 Å². The van der Waals surface area contributed by atoms with Crippen LogP contribution >= 0.6 is 0 Å². The molecule has 2 rings (SSSR count). The van der Waals surface area contributed by atoms with E-state index in [0.29, 0.717) is 0 Å². The second-order valence-electron chi connectivity index (χ2n) is 5.64. The average Bonchev–Trinajstić information content (AvgIpc) is 2.68. The molecule has 0 aromatic carbocycles. The first-order valence-corrected chi connectivity index (χ1v) is 6.12. The molecule has 0 radical (unpaired) electrons. The van der Waals surface area contributed by atoms with E-state index in [0.717, 1.165) is 12.0 Å². The molecule has 0 aromatic heterocycles. The number of nitrogens with two attached hydrogens (primary N) is 1. The largest absolute Gasteiger partial charge is 0.325 e. The molecular weight excluding hydrogens is 172 g/mol. The number of hydrogen-bond donors (Lipinski definition) is 1. The van der Waals surface area contributed by atoms with E-state index in [1.807, 2.05) is 0 Å². The van der Waals surface area contributed by atoms with Crippen LogP contribution in [0.1, 0.15) is 46.0 Å². The first kappa shape index (κ1) is 10.4. The summed E-state index contributed by atoms with van der Waals surface area (Å²) in [4.78, 5) is 2.60. The van der Waals surface area contributed by atoms with Crippen LogP contribution in [0.3, 0.4) is 0 Å². The third-order valence-electron chi connectivity index (χ3n) is 3.99. The highest BCUT2D eigenvalue weighted by Crippen LogP contribution is 2.38. The Labute approximate surface area is 87.8 Å². The molecule has 2 nitrogen and oxygen atoms in total. The van der Waals surface area contributed by atoms with Gasteiger partial charge in [-0.1, -0.05) is 0 Å². The van der Waals surface area contributed by atoms with Crippen molar-refractivity contribution in [3.8, 4) is 0 Å². The van der Waals surface area contributed by atoms with Gasteiger partial charge in [0.1, 0.15) is 0 Å². The molecule has 14 heavy (non-hydrogen) atoms. The van der Waals surface area contributed by atoms with E-state index >= 15 is 0 Å². The molecule has 2 aliphatic rings. The average molecular weight is 196 g/mol. The minimum absolute atomic E-state index is 0.269. The molecule has 0 aromatic rings. The van der Waals surface area contributed by atoms with Gasteiger partial charge in [0.25, 0.3) is 0 Å². The first-order chi connectivity index (χ1) is 6.59. The summed E-state index contributed by atoms with van der Waals surface area (Å²) in [6.45, 7) is 7.22. The van der Waals surface area contributed by atoms with E-state index < -0.39 is 0 Å². The Balaban J connectivity index is 1.68. The van der Waals surface area contributed by atoms with Gasteiger partial charge in [-0.05, 0) is 58.4 Å². The maximum atomic E-state index is 6.11. The zero-order valence-electron chi connectivity index (χ0n) is 9.63. The van der Waals surface area contributed by atoms with Crippen molar-refractivity contribution in [3.63, 3.8) is 0 Å². The van der Waals surface area contributed by atoms with Crippen LogP contribution in [0.2, 0.25) is 0 Å². The summed E-state index contributed by atoms with van der Waals surface area (Å²) in [6.07, 6.45) is 6.57. The topological polar surface area (TPSA) is 29.3 Å². The summed E-state index contributed by atoms with van der Waals surface area (Å²) in [6, 6.07) is 0.729. The van der Waals surface area contributed by atoms with Crippen LogP contribution in [0, 0.1) is 5.92 Å². The Bertz CT molecular complexity index is 196. The van der Waals surface area contributed by atoms with E-state index in [1.54, 1.807) is 0 Å². The van der Waals surface area contributed by atoms with E-state index in [-0.39, 0.29) is 5.54 Å². The minimum Gasteiger partial charge on any atom is -0.325 e. The molecule has 2 heteroatoms. The van der Waals surface area contributed by atoms with Crippen molar-refractivity contribution < 1.29 is 0 Å². The molecule has 1 aliphatic carbocycles. The predicted molar refractivity (Wildman–Crippen MR) is 60.2 cm³/mol. The Morgan fingerprint density at radius 1 is 1.43 bits per heavy atom. The first-order valence-electron chi connectivity index (χ1n) is 6.12. The molecule has 1 saturated heterocycles. The SMILES string of the molecule is CC(C)N1CCC(CCC2(N)CC2)C1.